The van der Waals surface area contributed by atoms with Crippen LogP contribution in [-0.2, 0) is 16.0 Å². The minimum absolute atomic E-state index is 0.122. The SMILES string of the molecule is CCc1ccc2c(c1)[C@H]1c3ccccc3[C@H]2[C@@H]2C(=O)N(c3ccc([NH+]([O-])O)cc3)C(=O)[C@H]12. The summed E-state index contributed by atoms with van der Waals surface area (Å²) in [7, 11) is 0. The Morgan fingerprint density at radius 1 is 0.844 bits per heavy atom. The zero-order valence-electron chi connectivity index (χ0n) is 17.5. The van der Waals surface area contributed by atoms with E-state index in [2.05, 4.69) is 37.3 Å². The summed E-state index contributed by atoms with van der Waals surface area (Å²) in [6, 6.07) is 20.6. The van der Waals surface area contributed by atoms with Crippen molar-refractivity contribution in [3.05, 3.63) is 99.8 Å². The van der Waals surface area contributed by atoms with Gasteiger partial charge in [0, 0.05) is 24.0 Å². The summed E-state index contributed by atoms with van der Waals surface area (Å²) in [5.74, 6) is -1.58. The minimum atomic E-state index is -1.04. The highest BCUT2D eigenvalue weighted by atomic mass is 16.8. The van der Waals surface area contributed by atoms with E-state index in [1.54, 1.807) is 12.1 Å². The van der Waals surface area contributed by atoms with Gasteiger partial charge in [-0.1, -0.05) is 49.4 Å². The number of benzene rings is 3. The predicted octanol–water partition coefficient (Wildman–Crippen LogP) is 3.05. The fraction of sp³-hybridized carbons (Fsp3) is 0.231. The highest BCUT2D eigenvalue weighted by Gasteiger charge is 2.61. The normalized spacial score (nSPS) is 26.0. The van der Waals surface area contributed by atoms with Crippen LogP contribution in [0.1, 0.15) is 46.6 Å². The van der Waals surface area contributed by atoms with Gasteiger partial charge in [0.25, 0.3) is 0 Å². The van der Waals surface area contributed by atoms with Crippen LogP contribution in [0, 0.1) is 17.0 Å². The van der Waals surface area contributed by atoms with Crippen molar-refractivity contribution in [1.29, 1.82) is 0 Å². The number of quaternary nitrogens is 1. The first-order valence-electron chi connectivity index (χ1n) is 10.9. The van der Waals surface area contributed by atoms with E-state index in [0.29, 0.717) is 5.69 Å². The Kier molecular flexibility index (Phi) is 4.14. The van der Waals surface area contributed by atoms with Gasteiger partial charge in [-0.3, -0.25) is 9.59 Å². The number of aryl methyl sites for hydroxylation is 1. The Morgan fingerprint density at radius 2 is 1.41 bits per heavy atom. The molecule has 3 aromatic rings. The molecule has 1 heterocycles. The summed E-state index contributed by atoms with van der Waals surface area (Å²) in [6.45, 7) is 2.12. The molecule has 1 unspecified atom stereocenters. The monoisotopic (exact) mass is 426 g/mol. The van der Waals surface area contributed by atoms with E-state index >= 15 is 0 Å². The van der Waals surface area contributed by atoms with Crippen LogP contribution < -0.4 is 10.1 Å². The zero-order chi connectivity index (χ0) is 22.1. The average Bonchev–Trinajstić information content (AvgIpc) is 3.09. The number of amides is 2. The van der Waals surface area contributed by atoms with E-state index < -0.39 is 17.1 Å². The van der Waals surface area contributed by atoms with Crippen LogP contribution in [0.25, 0.3) is 0 Å². The second-order valence-electron chi connectivity index (χ2n) is 8.82. The van der Waals surface area contributed by atoms with Crippen molar-refractivity contribution in [3.8, 4) is 0 Å². The fourth-order valence-electron chi connectivity index (χ4n) is 6.00. The fourth-order valence-corrected chi connectivity index (χ4v) is 6.00. The van der Waals surface area contributed by atoms with E-state index in [9.17, 15) is 20.0 Å². The standard InChI is InChI=1S/C26H22N2O4/c1-2-14-7-12-19-20(13-14)22-18-6-4-3-5-17(18)21(19)23-24(22)26(30)27(25(23)29)15-8-10-16(11-9-15)28(31)32/h3-13,21-24,28,31H,2H2,1H3/t21-,22-,23+,24-/m1/s1. The maximum absolute atomic E-state index is 13.7. The predicted molar refractivity (Wildman–Crippen MR) is 118 cm³/mol. The van der Waals surface area contributed by atoms with Crippen LogP contribution in [0.5, 0.6) is 0 Å². The molecule has 6 heteroatoms. The Hall–Kier alpha value is -3.32. The maximum atomic E-state index is 13.7. The molecule has 4 aliphatic rings. The van der Waals surface area contributed by atoms with Crippen molar-refractivity contribution in [3.63, 3.8) is 0 Å². The molecule has 5 atom stereocenters. The summed E-state index contributed by atoms with van der Waals surface area (Å²) in [5.41, 5.74) is 6.37. The lowest BCUT2D eigenvalue weighted by Crippen LogP contribution is -2.99. The number of carbonyl (C=O) groups excluding carboxylic acids is 2. The molecule has 1 fully saturated rings. The van der Waals surface area contributed by atoms with Crippen molar-refractivity contribution in [1.82, 2.24) is 0 Å². The van der Waals surface area contributed by atoms with Crippen molar-refractivity contribution < 1.29 is 20.0 Å². The smallest absolute Gasteiger partial charge is 0.238 e. The third-order valence-electron chi connectivity index (χ3n) is 7.38. The number of rotatable bonds is 3. The molecule has 1 aliphatic heterocycles. The third-order valence-corrected chi connectivity index (χ3v) is 7.38. The summed E-state index contributed by atoms with van der Waals surface area (Å²) < 4.78 is 0. The third kappa shape index (κ3) is 2.45. The molecule has 1 saturated heterocycles. The molecule has 7 rings (SSSR count). The van der Waals surface area contributed by atoms with Gasteiger partial charge in [0.05, 0.1) is 17.5 Å². The van der Waals surface area contributed by atoms with E-state index in [4.69, 9.17) is 0 Å². The average molecular weight is 426 g/mol. The van der Waals surface area contributed by atoms with Gasteiger partial charge < -0.3 is 5.21 Å². The van der Waals surface area contributed by atoms with Crippen molar-refractivity contribution in [2.24, 2.45) is 11.8 Å². The van der Waals surface area contributed by atoms with Gasteiger partial charge in [0.15, 0.2) is 5.69 Å². The van der Waals surface area contributed by atoms with Gasteiger partial charge in [0.1, 0.15) is 0 Å². The summed E-state index contributed by atoms with van der Waals surface area (Å²) in [4.78, 5) is 28.7. The van der Waals surface area contributed by atoms with Crippen molar-refractivity contribution in [2.75, 3.05) is 4.90 Å². The quantitative estimate of drug-likeness (QED) is 0.498. The first kappa shape index (κ1) is 19.4. The van der Waals surface area contributed by atoms with E-state index in [-0.39, 0.29) is 29.3 Å². The molecule has 0 radical (unpaired) electrons. The topological polar surface area (TPSA) is 85.1 Å². The van der Waals surface area contributed by atoms with E-state index in [0.717, 1.165) is 23.1 Å². The summed E-state index contributed by atoms with van der Waals surface area (Å²) in [6.07, 6.45) is 0.912. The molecule has 0 spiro atoms. The van der Waals surface area contributed by atoms with Crippen molar-refractivity contribution in [2.45, 2.75) is 25.2 Å². The molecule has 2 amide bonds. The molecule has 2 bridgehead atoms. The van der Waals surface area contributed by atoms with Gasteiger partial charge in [-0.15, -0.1) is 0 Å². The molecule has 6 nitrogen and oxygen atoms in total. The van der Waals surface area contributed by atoms with Crippen molar-refractivity contribution >= 4 is 23.2 Å². The van der Waals surface area contributed by atoms with Gasteiger partial charge in [-0.2, -0.15) is 5.23 Å². The van der Waals surface area contributed by atoms with Gasteiger partial charge >= 0.3 is 0 Å². The first-order chi connectivity index (χ1) is 15.5. The number of nitrogens with one attached hydrogen (secondary N) is 1. The molecule has 160 valence electrons. The summed E-state index contributed by atoms with van der Waals surface area (Å²) >= 11 is 0. The second kappa shape index (κ2) is 6.84. The molecule has 3 aliphatic carbocycles. The summed E-state index contributed by atoms with van der Waals surface area (Å²) in [5, 5.41) is 19.4. The molecule has 0 aromatic heterocycles. The Morgan fingerprint density at radius 3 is 1.97 bits per heavy atom. The Balaban J connectivity index is 1.51. The molecule has 0 saturated carbocycles. The highest BCUT2D eigenvalue weighted by molar-refractivity contribution is 6.23. The Labute approximate surface area is 185 Å². The maximum Gasteiger partial charge on any atom is 0.238 e. The second-order valence-corrected chi connectivity index (χ2v) is 8.82. The lowest BCUT2D eigenvalue weighted by molar-refractivity contribution is -0.991. The number of anilines is 1. The molecule has 3 aromatic carbocycles. The van der Waals surface area contributed by atoms with Crippen LogP contribution in [0.2, 0.25) is 0 Å². The van der Waals surface area contributed by atoms with Crippen LogP contribution in [0.4, 0.5) is 11.4 Å². The van der Waals surface area contributed by atoms with Crippen LogP contribution in [0.3, 0.4) is 0 Å². The molecule has 2 N–H and O–H groups in total. The van der Waals surface area contributed by atoms with Crippen LogP contribution in [-0.4, -0.2) is 17.0 Å². The lowest BCUT2D eigenvalue weighted by atomic mass is 9.55. The van der Waals surface area contributed by atoms with Crippen LogP contribution in [0.15, 0.2) is 66.7 Å². The van der Waals surface area contributed by atoms with Gasteiger partial charge in [-0.25, -0.2) is 10.1 Å². The molecular weight excluding hydrogens is 404 g/mol. The number of hydrogen-bond donors (Lipinski definition) is 2. The van der Waals surface area contributed by atoms with E-state index in [1.165, 1.54) is 28.2 Å². The highest BCUT2D eigenvalue weighted by Crippen LogP contribution is 2.61. The lowest BCUT2D eigenvalue weighted by Gasteiger charge is -2.46. The number of hydrogen-bond acceptors (Lipinski definition) is 4. The van der Waals surface area contributed by atoms with Gasteiger partial charge in [0.2, 0.25) is 11.8 Å². The first-order valence-corrected chi connectivity index (χ1v) is 10.9. The minimum Gasteiger partial charge on any atom is -0.595 e. The molecule has 32 heavy (non-hydrogen) atoms. The number of carbonyl (C=O) groups is 2. The Bertz CT molecular complexity index is 1270. The van der Waals surface area contributed by atoms with Crippen LogP contribution >= 0.6 is 0 Å². The zero-order valence-corrected chi connectivity index (χ0v) is 17.5. The van der Waals surface area contributed by atoms with E-state index in [1.807, 2.05) is 12.1 Å². The number of nitrogens with zero attached hydrogens (tertiary/aromatic N) is 1. The largest absolute Gasteiger partial charge is 0.595 e. The van der Waals surface area contributed by atoms with Gasteiger partial charge in [-0.05, 0) is 46.4 Å². The number of imide groups is 1. The molecular formula is C26H22N2O4.